The molecule has 0 saturated heterocycles. The van der Waals surface area contributed by atoms with E-state index < -0.39 is 0 Å². The van der Waals surface area contributed by atoms with Crippen LogP contribution < -0.4 is 4.90 Å². The van der Waals surface area contributed by atoms with Crippen LogP contribution in [-0.4, -0.2) is 0 Å². The smallest absolute Gasteiger partial charge is 0.143 e. The zero-order valence-corrected chi connectivity index (χ0v) is 31.0. The van der Waals surface area contributed by atoms with E-state index >= 15 is 0 Å². The molecule has 0 radical (unpaired) electrons. The third-order valence-corrected chi connectivity index (χ3v) is 11.1. The highest BCUT2D eigenvalue weighted by Crippen LogP contribution is 2.49. The minimum atomic E-state index is 0.844. The quantitative estimate of drug-likeness (QED) is 0.164. The minimum absolute atomic E-state index is 0.844. The second kappa shape index (κ2) is 13.6. The van der Waals surface area contributed by atoms with Gasteiger partial charge in [0.2, 0.25) is 0 Å². The molecule has 0 fully saturated rings. The predicted octanol–water partition coefficient (Wildman–Crippen LogP) is 15.6. The van der Waals surface area contributed by atoms with Crippen molar-refractivity contribution < 1.29 is 8.83 Å². The lowest BCUT2D eigenvalue weighted by atomic mass is 9.88. The van der Waals surface area contributed by atoms with E-state index in [9.17, 15) is 0 Å². The SMILES string of the molecule is c1ccc(-c2ccccc2-c2ccccc2-c2ccccc2N(c2cccc(-c3cccc4c3oc3ccccc34)c2)c2cccc3oc4ccccc4c23)cc1. The molecule has 0 aliphatic heterocycles. The largest absolute Gasteiger partial charge is 0.456 e. The van der Waals surface area contributed by atoms with Gasteiger partial charge in [0.25, 0.3) is 0 Å². The van der Waals surface area contributed by atoms with E-state index in [1.54, 1.807) is 0 Å². The van der Waals surface area contributed by atoms with Gasteiger partial charge >= 0.3 is 0 Å². The van der Waals surface area contributed by atoms with E-state index in [0.717, 1.165) is 83.2 Å². The Morgan fingerprint density at radius 1 is 0.298 bits per heavy atom. The van der Waals surface area contributed by atoms with Gasteiger partial charge in [-0.05, 0) is 75.8 Å². The summed E-state index contributed by atoms with van der Waals surface area (Å²) >= 11 is 0. The molecule has 11 rings (SSSR count). The fourth-order valence-electron chi connectivity index (χ4n) is 8.57. The lowest BCUT2D eigenvalue weighted by Gasteiger charge is -2.29. The van der Waals surface area contributed by atoms with Crippen LogP contribution >= 0.6 is 0 Å². The summed E-state index contributed by atoms with van der Waals surface area (Å²) in [7, 11) is 0. The van der Waals surface area contributed by atoms with Crippen molar-refractivity contribution in [3.63, 3.8) is 0 Å². The Hall–Kier alpha value is -7.62. The second-order valence-electron chi connectivity index (χ2n) is 14.4. The van der Waals surface area contributed by atoms with E-state index in [1.165, 1.54) is 22.3 Å². The van der Waals surface area contributed by atoms with Gasteiger partial charge in [-0.2, -0.15) is 0 Å². The highest BCUT2D eigenvalue weighted by atomic mass is 16.3. The Morgan fingerprint density at radius 3 is 1.61 bits per heavy atom. The number of nitrogens with zero attached hydrogens (tertiary/aromatic N) is 1. The van der Waals surface area contributed by atoms with Gasteiger partial charge in [0, 0.05) is 33.0 Å². The molecule has 0 saturated carbocycles. The molecular weight excluding hydrogens is 695 g/mol. The van der Waals surface area contributed by atoms with E-state index in [0.29, 0.717) is 0 Å². The molecule has 0 spiro atoms. The van der Waals surface area contributed by atoms with Crippen molar-refractivity contribution in [2.24, 2.45) is 0 Å². The Morgan fingerprint density at radius 2 is 0.807 bits per heavy atom. The van der Waals surface area contributed by atoms with Gasteiger partial charge in [0.1, 0.15) is 22.3 Å². The summed E-state index contributed by atoms with van der Waals surface area (Å²) in [6, 6.07) is 75.1. The molecule has 0 unspecified atom stereocenters. The number of anilines is 3. The van der Waals surface area contributed by atoms with Crippen molar-refractivity contribution in [2.45, 2.75) is 0 Å². The van der Waals surface area contributed by atoms with Crippen LogP contribution in [-0.2, 0) is 0 Å². The third kappa shape index (κ3) is 5.51. The maximum Gasteiger partial charge on any atom is 0.143 e. The van der Waals surface area contributed by atoms with Gasteiger partial charge in [-0.25, -0.2) is 0 Å². The highest BCUT2D eigenvalue weighted by Gasteiger charge is 2.24. The topological polar surface area (TPSA) is 29.5 Å². The summed E-state index contributed by atoms with van der Waals surface area (Å²) in [6.07, 6.45) is 0. The van der Waals surface area contributed by atoms with Crippen molar-refractivity contribution in [1.82, 2.24) is 0 Å². The van der Waals surface area contributed by atoms with Crippen LogP contribution in [0.4, 0.5) is 17.1 Å². The molecule has 0 aliphatic rings. The van der Waals surface area contributed by atoms with Gasteiger partial charge < -0.3 is 13.7 Å². The van der Waals surface area contributed by atoms with Gasteiger partial charge in [-0.1, -0.05) is 170 Å². The van der Waals surface area contributed by atoms with E-state index in [2.05, 4.69) is 193 Å². The first kappa shape index (κ1) is 32.8. The lowest BCUT2D eigenvalue weighted by molar-refractivity contribution is 0.669. The van der Waals surface area contributed by atoms with Crippen LogP contribution in [0.1, 0.15) is 0 Å². The number of furan rings is 2. The van der Waals surface area contributed by atoms with Crippen molar-refractivity contribution >= 4 is 60.9 Å². The Labute approximate surface area is 330 Å². The average Bonchev–Trinajstić information content (AvgIpc) is 3.86. The normalized spacial score (nSPS) is 11.5. The fraction of sp³-hybridized carbons (Fsp3) is 0. The highest BCUT2D eigenvalue weighted by molar-refractivity contribution is 6.14. The van der Waals surface area contributed by atoms with E-state index in [1.807, 2.05) is 24.3 Å². The number of para-hydroxylation sites is 4. The molecule has 268 valence electrons. The zero-order chi connectivity index (χ0) is 37.7. The molecule has 9 aromatic carbocycles. The van der Waals surface area contributed by atoms with Crippen LogP contribution in [0.25, 0.3) is 88.4 Å². The van der Waals surface area contributed by atoms with Gasteiger partial charge in [0.15, 0.2) is 0 Å². The van der Waals surface area contributed by atoms with Crippen molar-refractivity contribution in [1.29, 1.82) is 0 Å². The number of hydrogen-bond donors (Lipinski definition) is 0. The monoisotopic (exact) mass is 729 g/mol. The van der Waals surface area contributed by atoms with Crippen LogP contribution in [0.5, 0.6) is 0 Å². The number of rotatable bonds is 7. The number of hydrogen-bond acceptors (Lipinski definition) is 3. The molecule has 57 heavy (non-hydrogen) atoms. The van der Waals surface area contributed by atoms with Crippen molar-refractivity contribution in [3.05, 3.63) is 212 Å². The first-order chi connectivity index (χ1) is 28.3. The Bertz CT molecular complexity index is 3260. The maximum atomic E-state index is 6.55. The van der Waals surface area contributed by atoms with Gasteiger partial charge in [0.05, 0.1) is 16.8 Å². The Kier molecular flexibility index (Phi) is 7.82. The zero-order valence-electron chi connectivity index (χ0n) is 31.0. The first-order valence-electron chi connectivity index (χ1n) is 19.3. The molecule has 2 aromatic heterocycles. The first-order valence-corrected chi connectivity index (χ1v) is 19.3. The summed E-state index contributed by atoms with van der Waals surface area (Å²) in [5.41, 5.74) is 15.7. The lowest BCUT2D eigenvalue weighted by Crippen LogP contribution is -2.12. The van der Waals surface area contributed by atoms with Crippen LogP contribution in [0, 0.1) is 0 Å². The summed E-state index contributed by atoms with van der Waals surface area (Å²) < 4.78 is 13.0. The third-order valence-electron chi connectivity index (χ3n) is 11.1. The van der Waals surface area contributed by atoms with E-state index in [4.69, 9.17) is 8.83 Å². The summed E-state index contributed by atoms with van der Waals surface area (Å²) in [4.78, 5) is 2.40. The van der Waals surface area contributed by atoms with Crippen LogP contribution in [0.2, 0.25) is 0 Å². The van der Waals surface area contributed by atoms with Crippen LogP contribution in [0.15, 0.2) is 221 Å². The minimum Gasteiger partial charge on any atom is -0.456 e. The molecule has 0 bridgehead atoms. The molecule has 0 atom stereocenters. The molecule has 2 heterocycles. The van der Waals surface area contributed by atoms with E-state index in [-0.39, 0.29) is 0 Å². The van der Waals surface area contributed by atoms with Crippen molar-refractivity contribution in [3.8, 4) is 44.5 Å². The molecule has 0 amide bonds. The number of benzene rings is 9. The van der Waals surface area contributed by atoms with Gasteiger partial charge in [-0.3, -0.25) is 0 Å². The molecular formula is C54H35NO2. The fourth-order valence-corrected chi connectivity index (χ4v) is 8.57. The summed E-state index contributed by atoms with van der Waals surface area (Å²) in [5.74, 6) is 0. The summed E-state index contributed by atoms with van der Waals surface area (Å²) in [5, 5.41) is 4.37. The molecule has 0 aliphatic carbocycles. The molecule has 3 heteroatoms. The predicted molar refractivity (Wildman–Crippen MR) is 237 cm³/mol. The standard InChI is InChI=1S/C54H35NO2/c1-2-17-36(18-3-1)39-21-4-5-22-41(39)42-23-6-7-24-43(42)44-25-8-11-30-48(44)55(49-31-16-34-52-53(49)47-27-10-13-33-51(47)56-52)38-20-14-19-37(35-38)40-28-15-29-46-45-26-9-12-32-50(45)57-54(40)46/h1-35H. The number of fused-ring (bicyclic) bond motifs is 6. The Balaban J connectivity index is 1.16. The van der Waals surface area contributed by atoms with Crippen LogP contribution in [0.3, 0.4) is 0 Å². The second-order valence-corrected chi connectivity index (χ2v) is 14.4. The van der Waals surface area contributed by atoms with Crippen molar-refractivity contribution in [2.75, 3.05) is 4.90 Å². The molecule has 11 aromatic rings. The molecule has 0 N–H and O–H groups in total. The maximum absolute atomic E-state index is 6.55. The molecule has 3 nitrogen and oxygen atoms in total. The average molecular weight is 730 g/mol. The summed E-state index contributed by atoms with van der Waals surface area (Å²) in [6.45, 7) is 0. The van der Waals surface area contributed by atoms with Gasteiger partial charge in [-0.15, -0.1) is 0 Å².